The maximum atomic E-state index is 12.6. The van der Waals surface area contributed by atoms with Crippen LogP contribution in [0.15, 0.2) is 30.3 Å². The van der Waals surface area contributed by atoms with Crippen molar-refractivity contribution in [3.63, 3.8) is 0 Å². The van der Waals surface area contributed by atoms with Crippen molar-refractivity contribution in [2.75, 3.05) is 12.4 Å². The molecule has 0 unspecified atom stereocenters. The zero-order valence-corrected chi connectivity index (χ0v) is 14.6. The van der Waals surface area contributed by atoms with Crippen molar-refractivity contribution in [1.29, 1.82) is 5.26 Å². The molecule has 6 heteroatoms. The highest BCUT2D eigenvalue weighted by atomic mass is 32.1. The van der Waals surface area contributed by atoms with Crippen molar-refractivity contribution >= 4 is 28.2 Å². The van der Waals surface area contributed by atoms with Gasteiger partial charge in [-0.25, -0.2) is 4.79 Å². The van der Waals surface area contributed by atoms with Crippen molar-refractivity contribution in [1.82, 2.24) is 0 Å². The molecule has 124 valence electrons. The van der Waals surface area contributed by atoms with Crippen molar-refractivity contribution < 1.29 is 14.3 Å². The Morgan fingerprint density at radius 1 is 1.33 bits per heavy atom. The number of thiophene rings is 1. The number of amides is 1. The summed E-state index contributed by atoms with van der Waals surface area (Å²) < 4.78 is 4.72. The molecule has 0 fully saturated rings. The van der Waals surface area contributed by atoms with Crippen LogP contribution in [0.3, 0.4) is 0 Å². The minimum atomic E-state index is -0.510. The Bertz CT molecular complexity index is 791. The number of nitrogens with one attached hydrogen (secondary N) is 1. The summed E-state index contributed by atoms with van der Waals surface area (Å²) in [6, 6.07) is 11.5. The van der Waals surface area contributed by atoms with Crippen LogP contribution in [0.2, 0.25) is 0 Å². The van der Waals surface area contributed by atoms with Crippen molar-refractivity contribution in [3.8, 4) is 6.07 Å². The standard InChI is InChI=1S/C18H18N2O3S/c1-4-13(12-8-6-5-7-9-12)16(21)20-17-14(10-19)11(2)15(24-17)18(22)23-3/h5-9,13H,4H2,1-3H3,(H,20,21)/t13-/m0/s1. The molecule has 2 rings (SSSR count). The predicted molar refractivity (Wildman–Crippen MR) is 93.2 cm³/mol. The van der Waals surface area contributed by atoms with Gasteiger partial charge in [-0.2, -0.15) is 5.26 Å². The number of hydrogen-bond donors (Lipinski definition) is 1. The minimum Gasteiger partial charge on any atom is -0.465 e. The SMILES string of the molecule is CC[C@H](C(=O)Nc1sc(C(=O)OC)c(C)c1C#N)c1ccccc1. The van der Waals surface area contributed by atoms with Gasteiger partial charge in [-0.15, -0.1) is 11.3 Å². The Morgan fingerprint density at radius 3 is 2.54 bits per heavy atom. The number of nitrogens with zero attached hydrogens (tertiary/aromatic N) is 1. The Hall–Kier alpha value is -2.65. The number of esters is 1. The van der Waals surface area contributed by atoms with Gasteiger partial charge in [-0.1, -0.05) is 37.3 Å². The molecule has 5 nitrogen and oxygen atoms in total. The summed E-state index contributed by atoms with van der Waals surface area (Å²) in [6.45, 7) is 3.60. The number of nitriles is 1. The van der Waals surface area contributed by atoms with E-state index in [4.69, 9.17) is 4.74 Å². The fourth-order valence-electron chi connectivity index (χ4n) is 2.48. The van der Waals surface area contributed by atoms with Crippen molar-refractivity contribution in [3.05, 3.63) is 51.9 Å². The quantitative estimate of drug-likeness (QED) is 0.837. The highest BCUT2D eigenvalue weighted by Crippen LogP contribution is 2.34. The molecule has 0 aliphatic rings. The number of hydrogen-bond acceptors (Lipinski definition) is 5. The summed E-state index contributed by atoms with van der Waals surface area (Å²) in [5.41, 5.74) is 1.74. The number of rotatable bonds is 5. The highest BCUT2D eigenvalue weighted by Gasteiger charge is 2.24. The lowest BCUT2D eigenvalue weighted by Crippen LogP contribution is -2.20. The normalized spacial score (nSPS) is 11.4. The van der Waals surface area contributed by atoms with E-state index in [1.165, 1.54) is 7.11 Å². The molecule has 0 spiro atoms. The smallest absolute Gasteiger partial charge is 0.348 e. The Kier molecular flexibility index (Phi) is 5.72. The van der Waals surface area contributed by atoms with Gasteiger partial charge in [0.25, 0.3) is 0 Å². The molecule has 1 aromatic carbocycles. The second-order valence-corrected chi connectivity index (χ2v) is 6.25. The molecular weight excluding hydrogens is 324 g/mol. The summed E-state index contributed by atoms with van der Waals surface area (Å²) in [7, 11) is 1.29. The molecular formula is C18H18N2O3S. The van der Waals surface area contributed by atoms with Gasteiger partial charge < -0.3 is 10.1 Å². The number of anilines is 1. The lowest BCUT2D eigenvalue weighted by Gasteiger charge is -2.14. The molecule has 0 aliphatic carbocycles. The lowest BCUT2D eigenvalue weighted by molar-refractivity contribution is -0.117. The van der Waals surface area contributed by atoms with Crippen molar-refractivity contribution in [2.24, 2.45) is 0 Å². The summed E-state index contributed by atoms with van der Waals surface area (Å²) in [6.07, 6.45) is 0.631. The third-order valence-corrected chi connectivity index (χ3v) is 4.98. The molecule has 1 atom stereocenters. The van der Waals surface area contributed by atoms with E-state index < -0.39 is 5.97 Å². The van der Waals surface area contributed by atoms with Crippen LogP contribution in [0.1, 0.15) is 45.6 Å². The van der Waals surface area contributed by atoms with Gasteiger partial charge in [0.05, 0.1) is 18.6 Å². The number of carbonyl (C=O) groups excluding carboxylic acids is 2. The Labute approximate surface area is 144 Å². The molecule has 1 amide bonds. The molecule has 0 aliphatic heterocycles. The molecule has 1 N–H and O–H groups in total. The molecule has 0 bridgehead atoms. The summed E-state index contributed by atoms with van der Waals surface area (Å²) in [4.78, 5) is 24.8. The third-order valence-electron chi connectivity index (χ3n) is 3.79. The second-order valence-electron chi connectivity index (χ2n) is 5.22. The fourth-order valence-corrected chi connectivity index (χ4v) is 3.56. The minimum absolute atomic E-state index is 0.196. The largest absolute Gasteiger partial charge is 0.465 e. The molecule has 0 radical (unpaired) electrons. The first-order valence-electron chi connectivity index (χ1n) is 7.51. The Balaban J connectivity index is 2.32. The van der Waals surface area contributed by atoms with Crippen LogP contribution in [-0.2, 0) is 9.53 Å². The monoisotopic (exact) mass is 342 g/mol. The van der Waals surface area contributed by atoms with Crippen LogP contribution in [0.5, 0.6) is 0 Å². The molecule has 1 heterocycles. The van der Waals surface area contributed by atoms with E-state index in [1.54, 1.807) is 6.92 Å². The van der Waals surface area contributed by atoms with Gasteiger partial charge in [0, 0.05) is 0 Å². The second kappa shape index (κ2) is 7.75. The van der Waals surface area contributed by atoms with Crippen LogP contribution >= 0.6 is 11.3 Å². The molecule has 0 saturated heterocycles. The van der Waals surface area contributed by atoms with E-state index in [0.717, 1.165) is 16.9 Å². The number of benzene rings is 1. The first kappa shape index (κ1) is 17.7. The van der Waals surface area contributed by atoms with Crippen LogP contribution in [0, 0.1) is 18.3 Å². The molecule has 2 aromatic rings. The van der Waals surface area contributed by atoms with Crippen molar-refractivity contribution in [2.45, 2.75) is 26.2 Å². The van der Waals surface area contributed by atoms with E-state index in [9.17, 15) is 14.9 Å². The topological polar surface area (TPSA) is 79.2 Å². The average molecular weight is 342 g/mol. The van der Waals surface area contributed by atoms with E-state index in [1.807, 2.05) is 37.3 Å². The Morgan fingerprint density at radius 2 is 2.00 bits per heavy atom. The summed E-state index contributed by atoms with van der Waals surface area (Å²) >= 11 is 1.07. The van der Waals surface area contributed by atoms with E-state index in [2.05, 4.69) is 11.4 Å². The number of methoxy groups -OCH3 is 1. The third kappa shape index (κ3) is 3.47. The lowest BCUT2D eigenvalue weighted by atomic mass is 9.96. The zero-order chi connectivity index (χ0) is 17.7. The van der Waals surface area contributed by atoms with E-state index >= 15 is 0 Å². The van der Waals surface area contributed by atoms with Gasteiger partial charge in [0.15, 0.2) is 0 Å². The average Bonchev–Trinajstić information content (AvgIpc) is 2.91. The summed E-state index contributed by atoms with van der Waals surface area (Å²) in [5, 5.41) is 12.5. The maximum absolute atomic E-state index is 12.6. The van der Waals surface area contributed by atoms with Gasteiger partial charge in [0.2, 0.25) is 5.91 Å². The predicted octanol–water partition coefficient (Wildman–Crippen LogP) is 3.85. The van der Waals surface area contributed by atoms with Crippen LogP contribution in [-0.4, -0.2) is 19.0 Å². The van der Waals surface area contributed by atoms with Crippen LogP contribution in [0.25, 0.3) is 0 Å². The summed E-state index contributed by atoms with van der Waals surface area (Å²) in [5.74, 6) is -1.02. The number of carbonyl (C=O) groups is 2. The molecule has 0 saturated carbocycles. The first-order chi connectivity index (χ1) is 11.5. The van der Waals surface area contributed by atoms with Gasteiger partial charge in [-0.05, 0) is 24.5 Å². The van der Waals surface area contributed by atoms with Gasteiger partial charge >= 0.3 is 5.97 Å². The molecule has 1 aromatic heterocycles. The first-order valence-corrected chi connectivity index (χ1v) is 8.32. The zero-order valence-electron chi connectivity index (χ0n) is 13.8. The number of ether oxygens (including phenoxy) is 1. The van der Waals surface area contributed by atoms with E-state index in [0.29, 0.717) is 27.4 Å². The van der Waals surface area contributed by atoms with E-state index in [-0.39, 0.29) is 11.8 Å². The van der Waals surface area contributed by atoms with Gasteiger partial charge in [0.1, 0.15) is 15.9 Å². The maximum Gasteiger partial charge on any atom is 0.348 e. The molecule has 24 heavy (non-hydrogen) atoms. The van der Waals surface area contributed by atoms with Crippen LogP contribution < -0.4 is 5.32 Å². The van der Waals surface area contributed by atoms with Crippen LogP contribution in [0.4, 0.5) is 5.00 Å². The van der Waals surface area contributed by atoms with Gasteiger partial charge in [-0.3, -0.25) is 4.79 Å². The fraction of sp³-hybridized carbons (Fsp3) is 0.278. The highest BCUT2D eigenvalue weighted by molar-refractivity contribution is 7.18.